The Labute approximate surface area is 145 Å². The fourth-order valence-corrected chi connectivity index (χ4v) is 3.78. The van der Waals surface area contributed by atoms with E-state index in [9.17, 15) is 4.79 Å². The van der Waals surface area contributed by atoms with Crippen molar-refractivity contribution in [2.75, 3.05) is 25.7 Å². The van der Waals surface area contributed by atoms with Crippen LogP contribution in [0.1, 0.15) is 30.5 Å². The highest BCUT2D eigenvalue weighted by molar-refractivity contribution is 7.08. The summed E-state index contributed by atoms with van der Waals surface area (Å²) in [4.78, 5) is 14.6. The lowest BCUT2D eigenvalue weighted by atomic mass is 10.0. The summed E-state index contributed by atoms with van der Waals surface area (Å²) in [7, 11) is 3.15. The number of urea groups is 1. The van der Waals surface area contributed by atoms with Crippen LogP contribution in [0.15, 0.2) is 24.3 Å². The number of rotatable bonds is 4. The Kier molecular flexibility index (Phi) is 4.89. The number of carbonyl (C=O) groups excluding carboxylic acids is 1. The van der Waals surface area contributed by atoms with Crippen molar-refractivity contribution < 1.29 is 14.3 Å². The highest BCUT2D eigenvalue weighted by Crippen LogP contribution is 2.37. The van der Waals surface area contributed by atoms with Crippen molar-refractivity contribution in [1.82, 2.24) is 9.69 Å². The van der Waals surface area contributed by atoms with Gasteiger partial charge in [-0.2, -0.15) is 4.37 Å². The Morgan fingerprint density at radius 3 is 2.88 bits per heavy atom. The predicted octanol–water partition coefficient (Wildman–Crippen LogP) is 3.38. The SMILES string of the molecule is COc1nsc(OC)c1C(C)NC(=O)N1CCCc2ccccc21. The van der Waals surface area contributed by atoms with Crippen molar-refractivity contribution in [3.8, 4) is 10.9 Å². The Balaban J connectivity index is 1.80. The number of hydrogen-bond donors (Lipinski definition) is 1. The van der Waals surface area contributed by atoms with Crippen molar-refractivity contribution in [3.63, 3.8) is 0 Å². The van der Waals surface area contributed by atoms with E-state index < -0.39 is 0 Å². The molecule has 0 saturated carbocycles. The molecule has 1 aromatic carbocycles. The lowest BCUT2D eigenvalue weighted by Gasteiger charge is -2.30. The van der Waals surface area contributed by atoms with E-state index in [-0.39, 0.29) is 12.1 Å². The molecule has 6 nitrogen and oxygen atoms in total. The molecule has 0 aliphatic carbocycles. The van der Waals surface area contributed by atoms with Gasteiger partial charge in [0.25, 0.3) is 0 Å². The molecule has 0 spiro atoms. The summed E-state index contributed by atoms with van der Waals surface area (Å²) < 4.78 is 14.8. The fraction of sp³-hybridized carbons (Fsp3) is 0.412. The van der Waals surface area contributed by atoms with Gasteiger partial charge in [0, 0.05) is 23.8 Å². The number of fused-ring (bicyclic) bond motifs is 1. The highest BCUT2D eigenvalue weighted by Gasteiger charge is 2.27. The van der Waals surface area contributed by atoms with Crippen LogP contribution in [0.4, 0.5) is 10.5 Å². The molecule has 0 fully saturated rings. The second-order valence-electron chi connectivity index (χ2n) is 5.65. The van der Waals surface area contributed by atoms with Gasteiger partial charge in [-0.15, -0.1) is 0 Å². The normalized spacial score (nSPS) is 14.7. The summed E-state index contributed by atoms with van der Waals surface area (Å²) >= 11 is 1.22. The van der Waals surface area contributed by atoms with Gasteiger partial charge in [-0.25, -0.2) is 4.79 Å². The lowest BCUT2D eigenvalue weighted by molar-refractivity contribution is 0.242. The standard InChI is InChI=1S/C17H21N3O3S/c1-11(14-15(22-2)19-24-16(14)23-3)18-17(21)20-10-6-8-12-7-4-5-9-13(12)20/h4-5,7,9,11H,6,8,10H2,1-3H3,(H,18,21). The maximum absolute atomic E-state index is 12.8. The second-order valence-corrected chi connectivity index (χ2v) is 6.39. The van der Waals surface area contributed by atoms with E-state index >= 15 is 0 Å². The van der Waals surface area contributed by atoms with Gasteiger partial charge < -0.3 is 14.8 Å². The number of aromatic nitrogens is 1. The van der Waals surface area contributed by atoms with Crippen LogP contribution in [-0.2, 0) is 6.42 Å². The van der Waals surface area contributed by atoms with Crippen LogP contribution < -0.4 is 19.7 Å². The van der Waals surface area contributed by atoms with Crippen molar-refractivity contribution in [3.05, 3.63) is 35.4 Å². The molecule has 7 heteroatoms. The summed E-state index contributed by atoms with van der Waals surface area (Å²) in [5, 5.41) is 3.69. The molecule has 0 saturated heterocycles. The molecule has 0 radical (unpaired) electrons. The number of carbonyl (C=O) groups is 1. The van der Waals surface area contributed by atoms with Crippen molar-refractivity contribution >= 4 is 23.3 Å². The Morgan fingerprint density at radius 2 is 2.12 bits per heavy atom. The van der Waals surface area contributed by atoms with Gasteiger partial charge in [0.15, 0.2) is 0 Å². The van der Waals surface area contributed by atoms with Crippen LogP contribution in [0.3, 0.4) is 0 Å². The Morgan fingerprint density at radius 1 is 1.33 bits per heavy atom. The van der Waals surface area contributed by atoms with E-state index in [1.54, 1.807) is 19.1 Å². The average molecular weight is 347 g/mol. The van der Waals surface area contributed by atoms with E-state index in [4.69, 9.17) is 9.47 Å². The molecule has 2 amide bonds. The summed E-state index contributed by atoms with van der Waals surface area (Å²) in [5.41, 5.74) is 2.96. The minimum absolute atomic E-state index is 0.120. The molecular formula is C17H21N3O3S. The molecule has 2 heterocycles. The monoisotopic (exact) mass is 347 g/mol. The van der Waals surface area contributed by atoms with E-state index in [1.807, 2.05) is 25.1 Å². The van der Waals surface area contributed by atoms with Gasteiger partial charge in [-0.3, -0.25) is 4.90 Å². The molecular weight excluding hydrogens is 326 g/mol. The number of para-hydroxylation sites is 1. The quantitative estimate of drug-likeness (QED) is 0.921. The zero-order valence-electron chi connectivity index (χ0n) is 14.0. The molecule has 1 N–H and O–H groups in total. The molecule has 1 unspecified atom stereocenters. The molecule has 1 aliphatic heterocycles. The zero-order valence-corrected chi connectivity index (χ0v) is 14.9. The number of anilines is 1. The minimum Gasteiger partial charge on any atom is -0.486 e. The zero-order chi connectivity index (χ0) is 17.1. The highest BCUT2D eigenvalue weighted by atomic mass is 32.1. The van der Waals surface area contributed by atoms with Crippen LogP contribution >= 0.6 is 11.5 Å². The molecule has 1 aliphatic rings. The van der Waals surface area contributed by atoms with Crippen LogP contribution in [0.25, 0.3) is 0 Å². The van der Waals surface area contributed by atoms with Crippen LogP contribution in [0.2, 0.25) is 0 Å². The first-order chi connectivity index (χ1) is 11.7. The third kappa shape index (κ3) is 3.03. The molecule has 0 bridgehead atoms. The molecule has 1 aromatic heterocycles. The van der Waals surface area contributed by atoms with Crippen LogP contribution in [0, 0.1) is 0 Å². The third-order valence-electron chi connectivity index (χ3n) is 4.17. The van der Waals surface area contributed by atoms with Gasteiger partial charge in [-0.1, -0.05) is 18.2 Å². The Hall–Kier alpha value is -2.28. The summed E-state index contributed by atoms with van der Waals surface area (Å²) in [6.45, 7) is 2.62. The van der Waals surface area contributed by atoms with Gasteiger partial charge in [0.2, 0.25) is 10.9 Å². The number of ether oxygens (including phenoxy) is 2. The van der Waals surface area contributed by atoms with Gasteiger partial charge in [0.1, 0.15) is 0 Å². The first kappa shape index (κ1) is 16.6. The lowest BCUT2D eigenvalue weighted by Crippen LogP contribution is -2.43. The summed E-state index contributed by atoms with van der Waals surface area (Å²) in [6.07, 6.45) is 1.97. The summed E-state index contributed by atoms with van der Waals surface area (Å²) in [5.74, 6) is 0.490. The second kappa shape index (κ2) is 7.09. The van der Waals surface area contributed by atoms with Crippen LogP contribution in [-0.4, -0.2) is 31.2 Å². The predicted molar refractivity (Wildman–Crippen MR) is 94.3 cm³/mol. The summed E-state index contributed by atoms with van der Waals surface area (Å²) in [6, 6.07) is 7.65. The van der Waals surface area contributed by atoms with E-state index in [1.165, 1.54) is 17.1 Å². The first-order valence-corrected chi connectivity index (χ1v) is 8.66. The van der Waals surface area contributed by atoms with E-state index in [0.29, 0.717) is 17.5 Å². The number of amides is 2. The van der Waals surface area contributed by atoms with E-state index in [2.05, 4.69) is 15.8 Å². The number of nitrogens with one attached hydrogen (secondary N) is 1. The number of aryl methyl sites for hydroxylation is 1. The number of hydrogen-bond acceptors (Lipinski definition) is 5. The third-order valence-corrected chi connectivity index (χ3v) is 4.98. The van der Waals surface area contributed by atoms with Gasteiger partial charge in [-0.05, 0) is 31.4 Å². The van der Waals surface area contributed by atoms with Gasteiger partial charge >= 0.3 is 6.03 Å². The smallest absolute Gasteiger partial charge is 0.322 e. The number of methoxy groups -OCH3 is 2. The number of benzene rings is 1. The molecule has 128 valence electrons. The number of nitrogens with zero attached hydrogens (tertiary/aromatic N) is 2. The largest absolute Gasteiger partial charge is 0.486 e. The maximum Gasteiger partial charge on any atom is 0.322 e. The van der Waals surface area contributed by atoms with E-state index in [0.717, 1.165) is 24.1 Å². The fourth-order valence-electron chi connectivity index (χ4n) is 3.00. The van der Waals surface area contributed by atoms with Crippen molar-refractivity contribution in [2.24, 2.45) is 0 Å². The molecule has 1 atom stereocenters. The topological polar surface area (TPSA) is 63.7 Å². The van der Waals surface area contributed by atoms with Crippen molar-refractivity contribution in [1.29, 1.82) is 0 Å². The van der Waals surface area contributed by atoms with Gasteiger partial charge in [0.05, 0.1) is 25.8 Å². The molecule has 2 aromatic rings. The van der Waals surface area contributed by atoms with Crippen LogP contribution in [0.5, 0.6) is 10.9 Å². The minimum atomic E-state index is -0.268. The first-order valence-electron chi connectivity index (χ1n) is 7.89. The van der Waals surface area contributed by atoms with Crippen molar-refractivity contribution in [2.45, 2.75) is 25.8 Å². The molecule has 24 heavy (non-hydrogen) atoms. The average Bonchev–Trinajstić information content (AvgIpc) is 3.04. The molecule has 3 rings (SSSR count). The maximum atomic E-state index is 12.8. The Bertz CT molecular complexity index is 710.